The van der Waals surface area contributed by atoms with Crippen molar-refractivity contribution in [2.45, 2.75) is 33.7 Å². The highest BCUT2D eigenvalue weighted by molar-refractivity contribution is 6.01. The summed E-state index contributed by atoms with van der Waals surface area (Å²) in [6.45, 7) is 6.97. The summed E-state index contributed by atoms with van der Waals surface area (Å²) in [6.07, 6.45) is 2.09. The predicted molar refractivity (Wildman–Crippen MR) is 145 cm³/mol. The molecule has 4 aromatic carbocycles. The third-order valence-electron chi connectivity index (χ3n) is 6.72. The number of carbonyl (C=O) groups excluding carboxylic acids is 1. The summed E-state index contributed by atoms with van der Waals surface area (Å²) >= 11 is 0. The average Bonchev–Trinajstić information content (AvgIpc) is 3.12. The molecule has 0 saturated heterocycles. The van der Waals surface area contributed by atoms with Crippen LogP contribution >= 0.6 is 0 Å². The molecule has 174 valence electrons. The predicted octanol–water partition coefficient (Wildman–Crippen LogP) is 6.46. The van der Waals surface area contributed by atoms with E-state index in [1.807, 2.05) is 25.1 Å². The van der Waals surface area contributed by atoms with Crippen molar-refractivity contribution in [3.63, 3.8) is 0 Å². The molecule has 0 fully saturated rings. The number of nitrogens with one attached hydrogen (secondary N) is 1. The molecule has 0 unspecified atom stereocenters. The second-order valence-electron chi connectivity index (χ2n) is 9.14. The first-order chi connectivity index (χ1) is 17.0. The molecule has 0 atom stereocenters. The van der Waals surface area contributed by atoms with E-state index in [0.717, 1.165) is 39.8 Å². The van der Waals surface area contributed by atoms with Crippen LogP contribution in [0.4, 0.5) is 0 Å². The van der Waals surface area contributed by atoms with Gasteiger partial charge >= 0.3 is 0 Å². The lowest BCUT2D eigenvalue weighted by Crippen LogP contribution is -2.20. The first-order valence-electron chi connectivity index (χ1n) is 11.9. The average molecular weight is 460 g/mol. The van der Waals surface area contributed by atoms with Crippen molar-refractivity contribution in [1.82, 2.24) is 9.99 Å². The number of hydrogen-bond donors (Lipinski definition) is 1. The minimum atomic E-state index is -0.120. The lowest BCUT2D eigenvalue weighted by molar-refractivity contribution is -0.120. The number of carbonyl (C=O) groups is 1. The van der Waals surface area contributed by atoms with Crippen LogP contribution in [0, 0.1) is 20.8 Å². The van der Waals surface area contributed by atoms with Crippen LogP contribution < -0.4 is 5.43 Å². The molecule has 0 spiro atoms. The first-order valence-corrected chi connectivity index (χ1v) is 11.9. The summed E-state index contributed by atoms with van der Waals surface area (Å²) in [4.78, 5) is 12.5. The van der Waals surface area contributed by atoms with Gasteiger partial charge in [-0.25, -0.2) is 5.43 Å². The third-order valence-corrected chi connectivity index (χ3v) is 6.72. The molecule has 1 amide bonds. The standard InChI is InChI=1S/C31H29N3O/c1-21-15-16-25(22(2)17-21)18-31(35)33-32-19-29-23(3)34(30-14-7-6-13-28(29)30)20-26-11-8-10-24-9-4-5-12-27(24)26/h4-17,19H,18,20H2,1-3H3,(H,33,35)/b32-19-. The molecule has 0 bridgehead atoms. The van der Waals surface area contributed by atoms with Gasteiger partial charge in [0, 0.05) is 28.7 Å². The van der Waals surface area contributed by atoms with Gasteiger partial charge in [0.1, 0.15) is 0 Å². The van der Waals surface area contributed by atoms with Gasteiger partial charge in [-0.15, -0.1) is 0 Å². The van der Waals surface area contributed by atoms with Crippen LogP contribution in [0.5, 0.6) is 0 Å². The Labute approximate surface area is 205 Å². The fraction of sp³-hybridized carbons (Fsp3) is 0.161. The van der Waals surface area contributed by atoms with Crippen LogP contribution in [0.1, 0.15) is 33.5 Å². The van der Waals surface area contributed by atoms with Gasteiger partial charge in [0.2, 0.25) is 5.91 Å². The number of hydrazone groups is 1. The van der Waals surface area contributed by atoms with Crippen molar-refractivity contribution in [3.8, 4) is 0 Å². The van der Waals surface area contributed by atoms with E-state index in [9.17, 15) is 4.79 Å². The Bertz CT molecular complexity index is 1570. The number of fused-ring (bicyclic) bond motifs is 2. The minimum Gasteiger partial charge on any atom is -0.340 e. The van der Waals surface area contributed by atoms with Crippen molar-refractivity contribution in [2.24, 2.45) is 5.10 Å². The lowest BCUT2D eigenvalue weighted by atomic mass is 10.0. The quantitative estimate of drug-likeness (QED) is 0.230. The Hall–Kier alpha value is -4.18. The molecular weight excluding hydrogens is 430 g/mol. The number of para-hydroxylation sites is 1. The molecule has 1 aromatic heterocycles. The molecular formula is C31H29N3O. The van der Waals surface area contributed by atoms with Crippen molar-refractivity contribution in [1.29, 1.82) is 0 Å². The molecule has 0 saturated carbocycles. The molecule has 0 aliphatic carbocycles. The van der Waals surface area contributed by atoms with Crippen molar-refractivity contribution >= 4 is 33.8 Å². The van der Waals surface area contributed by atoms with E-state index in [2.05, 4.69) is 95.7 Å². The van der Waals surface area contributed by atoms with Crippen molar-refractivity contribution in [2.75, 3.05) is 0 Å². The second-order valence-corrected chi connectivity index (χ2v) is 9.14. The molecule has 1 N–H and O–H groups in total. The summed E-state index contributed by atoms with van der Waals surface area (Å²) in [5.74, 6) is -0.120. The Morgan fingerprint density at radius 3 is 2.43 bits per heavy atom. The molecule has 0 aliphatic heterocycles. The minimum absolute atomic E-state index is 0.120. The zero-order valence-electron chi connectivity index (χ0n) is 20.4. The van der Waals surface area contributed by atoms with Gasteiger partial charge in [-0.05, 0) is 54.3 Å². The van der Waals surface area contributed by atoms with E-state index in [1.54, 1.807) is 6.21 Å². The maximum Gasteiger partial charge on any atom is 0.244 e. The van der Waals surface area contributed by atoms with Gasteiger partial charge in [-0.2, -0.15) is 5.10 Å². The van der Waals surface area contributed by atoms with E-state index in [-0.39, 0.29) is 5.91 Å². The van der Waals surface area contributed by atoms with Crippen LogP contribution in [0.2, 0.25) is 0 Å². The number of rotatable bonds is 6. The maximum absolute atomic E-state index is 12.5. The lowest BCUT2D eigenvalue weighted by Gasteiger charge is -2.11. The van der Waals surface area contributed by atoms with Crippen molar-refractivity contribution in [3.05, 3.63) is 118 Å². The summed E-state index contributed by atoms with van der Waals surface area (Å²) in [7, 11) is 0. The topological polar surface area (TPSA) is 46.4 Å². The zero-order chi connectivity index (χ0) is 24.4. The molecule has 0 radical (unpaired) electrons. The van der Waals surface area contributed by atoms with E-state index in [0.29, 0.717) is 6.42 Å². The summed E-state index contributed by atoms with van der Waals surface area (Å²) in [6, 6.07) is 29.5. The molecule has 4 nitrogen and oxygen atoms in total. The van der Waals surface area contributed by atoms with Crippen LogP contribution in [0.25, 0.3) is 21.7 Å². The van der Waals surface area contributed by atoms with Crippen LogP contribution in [-0.4, -0.2) is 16.7 Å². The molecule has 1 heterocycles. The number of aromatic nitrogens is 1. The number of aryl methyl sites for hydroxylation is 2. The van der Waals surface area contributed by atoms with Gasteiger partial charge in [0.05, 0.1) is 12.6 Å². The van der Waals surface area contributed by atoms with Gasteiger partial charge in [-0.1, -0.05) is 84.4 Å². The van der Waals surface area contributed by atoms with Gasteiger partial charge < -0.3 is 4.57 Å². The molecule has 4 heteroatoms. The monoisotopic (exact) mass is 459 g/mol. The fourth-order valence-corrected chi connectivity index (χ4v) is 4.85. The SMILES string of the molecule is Cc1ccc(CC(=O)N/N=C\c2c(C)n(Cc3cccc4ccccc34)c3ccccc23)c(C)c1. The summed E-state index contributed by atoms with van der Waals surface area (Å²) < 4.78 is 2.33. The largest absolute Gasteiger partial charge is 0.340 e. The van der Waals surface area contributed by atoms with E-state index in [4.69, 9.17) is 0 Å². The Morgan fingerprint density at radius 1 is 0.857 bits per heavy atom. The van der Waals surface area contributed by atoms with Gasteiger partial charge in [-0.3, -0.25) is 4.79 Å². The number of benzene rings is 4. The van der Waals surface area contributed by atoms with E-state index < -0.39 is 0 Å². The zero-order valence-corrected chi connectivity index (χ0v) is 20.4. The third kappa shape index (κ3) is 4.60. The van der Waals surface area contributed by atoms with Crippen molar-refractivity contribution < 1.29 is 4.79 Å². The Balaban J connectivity index is 1.41. The van der Waals surface area contributed by atoms with E-state index >= 15 is 0 Å². The summed E-state index contributed by atoms with van der Waals surface area (Å²) in [5.41, 5.74) is 10.6. The number of nitrogens with zero attached hydrogens (tertiary/aromatic N) is 2. The van der Waals surface area contributed by atoms with Gasteiger partial charge in [0.15, 0.2) is 0 Å². The Morgan fingerprint density at radius 2 is 1.60 bits per heavy atom. The van der Waals surface area contributed by atoms with Crippen LogP contribution in [0.15, 0.2) is 90.0 Å². The number of amides is 1. The highest BCUT2D eigenvalue weighted by atomic mass is 16.2. The molecule has 5 aromatic rings. The van der Waals surface area contributed by atoms with Crippen LogP contribution in [0.3, 0.4) is 0 Å². The summed E-state index contributed by atoms with van der Waals surface area (Å²) in [5, 5.41) is 7.96. The molecule has 0 aliphatic rings. The number of hydrogen-bond acceptors (Lipinski definition) is 2. The normalized spacial score (nSPS) is 11.5. The smallest absolute Gasteiger partial charge is 0.244 e. The highest BCUT2D eigenvalue weighted by Gasteiger charge is 2.14. The van der Waals surface area contributed by atoms with E-state index in [1.165, 1.54) is 21.9 Å². The Kier molecular flexibility index (Phi) is 6.19. The second kappa shape index (κ2) is 9.59. The fourth-order valence-electron chi connectivity index (χ4n) is 4.85. The molecule has 5 rings (SSSR count). The maximum atomic E-state index is 12.5. The van der Waals surface area contributed by atoms with Gasteiger partial charge in [0.25, 0.3) is 0 Å². The molecule has 35 heavy (non-hydrogen) atoms. The van der Waals surface area contributed by atoms with Crippen LogP contribution in [-0.2, 0) is 17.8 Å². The first kappa shape index (κ1) is 22.6. The highest BCUT2D eigenvalue weighted by Crippen LogP contribution is 2.27.